The average molecular weight is 222 g/mol. The maximum atomic E-state index is 11.5. The van der Waals surface area contributed by atoms with Crippen molar-refractivity contribution in [1.82, 2.24) is 4.98 Å². The summed E-state index contributed by atoms with van der Waals surface area (Å²) in [6, 6.07) is 9.71. The number of nitrogens with one attached hydrogen (secondary N) is 1. The monoisotopic (exact) mass is 222 g/mol. The third-order valence-electron chi connectivity index (χ3n) is 2.86. The van der Waals surface area contributed by atoms with Gasteiger partial charge in [0.25, 0.3) is 5.91 Å². The van der Waals surface area contributed by atoms with Crippen LogP contribution in [0.5, 0.6) is 0 Å². The van der Waals surface area contributed by atoms with Gasteiger partial charge in [-0.25, -0.2) is 0 Å². The number of aromatic nitrogens is 1. The SMILES string of the molecule is C=C1C(=O)Nc2ccc(-c3cccnc3)cc21. The van der Waals surface area contributed by atoms with Gasteiger partial charge in [-0.3, -0.25) is 9.78 Å². The van der Waals surface area contributed by atoms with Gasteiger partial charge in [-0.1, -0.05) is 18.7 Å². The highest BCUT2D eigenvalue weighted by atomic mass is 16.1. The smallest absolute Gasteiger partial charge is 0.255 e. The second-order valence-corrected chi connectivity index (χ2v) is 3.93. The number of carbonyl (C=O) groups is 1. The minimum atomic E-state index is -0.122. The highest BCUT2D eigenvalue weighted by Gasteiger charge is 2.22. The Hall–Kier alpha value is -2.42. The fourth-order valence-corrected chi connectivity index (χ4v) is 1.94. The lowest BCUT2D eigenvalue weighted by molar-refractivity contribution is -0.110. The minimum Gasteiger partial charge on any atom is -0.321 e. The first-order chi connectivity index (χ1) is 8.25. The first-order valence-electron chi connectivity index (χ1n) is 5.31. The fourth-order valence-electron chi connectivity index (χ4n) is 1.94. The Morgan fingerprint density at radius 3 is 2.82 bits per heavy atom. The number of fused-ring (bicyclic) bond motifs is 1. The second kappa shape index (κ2) is 3.56. The molecule has 1 aliphatic heterocycles. The Balaban J connectivity index is 2.12. The molecule has 1 aliphatic rings. The van der Waals surface area contributed by atoms with Crippen LogP contribution in [0.15, 0.2) is 49.3 Å². The maximum Gasteiger partial charge on any atom is 0.255 e. The molecule has 0 saturated heterocycles. The van der Waals surface area contributed by atoms with E-state index in [1.165, 1.54) is 0 Å². The number of carbonyl (C=O) groups excluding carboxylic acids is 1. The molecule has 1 aromatic heterocycles. The molecule has 17 heavy (non-hydrogen) atoms. The van der Waals surface area contributed by atoms with E-state index >= 15 is 0 Å². The van der Waals surface area contributed by atoms with Crippen LogP contribution >= 0.6 is 0 Å². The highest BCUT2D eigenvalue weighted by molar-refractivity contribution is 6.31. The molecule has 0 fully saturated rings. The van der Waals surface area contributed by atoms with Gasteiger partial charge < -0.3 is 5.32 Å². The lowest BCUT2D eigenvalue weighted by atomic mass is 10.0. The summed E-state index contributed by atoms with van der Waals surface area (Å²) in [5.74, 6) is -0.122. The van der Waals surface area contributed by atoms with Crippen LogP contribution in [0.4, 0.5) is 5.69 Å². The van der Waals surface area contributed by atoms with Crippen LogP contribution in [0.2, 0.25) is 0 Å². The lowest BCUT2D eigenvalue weighted by Crippen LogP contribution is -2.02. The van der Waals surface area contributed by atoms with Crippen LogP contribution in [0, 0.1) is 0 Å². The summed E-state index contributed by atoms with van der Waals surface area (Å²) in [7, 11) is 0. The van der Waals surface area contributed by atoms with Crippen LogP contribution in [-0.2, 0) is 4.79 Å². The normalized spacial score (nSPS) is 13.4. The standard InChI is InChI=1S/C14H10N2O/c1-9-12-7-10(11-3-2-6-15-8-11)4-5-13(12)16-14(9)17/h2-8H,1H2,(H,16,17). The number of benzene rings is 1. The van der Waals surface area contributed by atoms with E-state index in [-0.39, 0.29) is 5.91 Å². The molecule has 0 saturated carbocycles. The molecule has 1 N–H and O–H groups in total. The first kappa shape index (κ1) is 9.78. The summed E-state index contributed by atoms with van der Waals surface area (Å²) >= 11 is 0. The molecule has 0 bridgehead atoms. The highest BCUT2D eigenvalue weighted by Crippen LogP contribution is 2.33. The minimum absolute atomic E-state index is 0.122. The largest absolute Gasteiger partial charge is 0.321 e. The number of amides is 1. The van der Waals surface area contributed by atoms with E-state index in [1.807, 2.05) is 30.3 Å². The van der Waals surface area contributed by atoms with Gasteiger partial charge in [-0.15, -0.1) is 0 Å². The molecule has 0 spiro atoms. The third-order valence-corrected chi connectivity index (χ3v) is 2.86. The molecule has 3 nitrogen and oxygen atoms in total. The summed E-state index contributed by atoms with van der Waals surface area (Å²) in [6.45, 7) is 3.78. The molecule has 1 amide bonds. The van der Waals surface area contributed by atoms with Crippen LogP contribution in [-0.4, -0.2) is 10.9 Å². The Kier molecular flexibility index (Phi) is 2.05. The predicted molar refractivity (Wildman–Crippen MR) is 67.3 cm³/mol. The molecular weight excluding hydrogens is 212 g/mol. The van der Waals surface area contributed by atoms with Crippen molar-refractivity contribution in [1.29, 1.82) is 0 Å². The fraction of sp³-hybridized carbons (Fsp3) is 0. The summed E-state index contributed by atoms with van der Waals surface area (Å²) in [4.78, 5) is 15.5. The summed E-state index contributed by atoms with van der Waals surface area (Å²) in [5.41, 5.74) is 4.28. The molecule has 2 heterocycles. The molecule has 0 aliphatic carbocycles. The van der Waals surface area contributed by atoms with Crippen molar-refractivity contribution < 1.29 is 4.79 Å². The predicted octanol–water partition coefficient (Wildman–Crippen LogP) is 2.71. The van der Waals surface area contributed by atoms with E-state index in [4.69, 9.17) is 0 Å². The lowest BCUT2D eigenvalue weighted by Gasteiger charge is -2.03. The van der Waals surface area contributed by atoms with Crippen molar-refractivity contribution in [3.8, 4) is 11.1 Å². The number of hydrogen-bond donors (Lipinski definition) is 1. The van der Waals surface area contributed by atoms with Gasteiger partial charge in [0.2, 0.25) is 0 Å². The Bertz CT molecular complexity index is 617. The van der Waals surface area contributed by atoms with Crippen molar-refractivity contribution in [3.63, 3.8) is 0 Å². The molecule has 2 aromatic rings. The third kappa shape index (κ3) is 1.52. The van der Waals surface area contributed by atoms with Gasteiger partial charge in [-0.2, -0.15) is 0 Å². The molecule has 0 radical (unpaired) electrons. The van der Waals surface area contributed by atoms with Crippen molar-refractivity contribution >= 4 is 17.2 Å². The zero-order valence-corrected chi connectivity index (χ0v) is 9.10. The molecule has 3 rings (SSSR count). The van der Waals surface area contributed by atoms with Gasteiger partial charge in [0.15, 0.2) is 0 Å². The summed E-state index contributed by atoms with van der Waals surface area (Å²) < 4.78 is 0. The van der Waals surface area contributed by atoms with Crippen LogP contribution in [0.3, 0.4) is 0 Å². The Morgan fingerprint density at radius 2 is 2.06 bits per heavy atom. The Morgan fingerprint density at radius 1 is 1.18 bits per heavy atom. The van der Waals surface area contributed by atoms with Crippen LogP contribution in [0.25, 0.3) is 16.7 Å². The van der Waals surface area contributed by atoms with E-state index < -0.39 is 0 Å². The zero-order chi connectivity index (χ0) is 11.8. The van der Waals surface area contributed by atoms with E-state index in [2.05, 4.69) is 16.9 Å². The van der Waals surface area contributed by atoms with Crippen LogP contribution in [0.1, 0.15) is 5.56 Å². The molecule has 1 aromatic carbocycles. The number of hydrogen-bond acceptors (Lipinski definition) is 2. The molecule has 3 heteroatoms. The van der Waals surface area contributed by atoms with E-state index in [0.29, 0.717) is 5.57 Å². The zero-order valence-electron chi connectivity index (χ0n) is 9.10. The van der Waals surface area contributed by atoms with Crippen molar-refractivity contribution in [3.05, 3.63) is 54.9 Å². The second-order valence-electron chi connectivity index (χ2n) is 3.93. The molecule has 82 valence electrons. The van der Waals surface area contributed by atoms with Gasteiger partial charge >= 0.3 is 0 Å². The van der Waals surface area contributed by atoms with Crippen molar-refractivity contribution in [2.75, 3.05) is 5.32 Å². The van der Waals surface area contributed by atoms with Gasteiger partial charge in [0, 0.05) is 34.8 Å². The number of anilines is 1. The number of rotatable bonds is 1. The maximum absolute atomic E-state index is 11.5. The first-order valence-corrected chi connectivity index (χ1v) is 5.31. The van der Waals surface area contributed by atoms with Gasteiger partial charge in [0.05, 0.1) is 0 Å². The summed E-state index contributed by atoms with van der Waals surface area (Å²) in [5, 5.41) is 2.77. The van der Waals surface area contributed by atoms with Gasteiger partial charge in [0.1, 0.15) is 0 Å². The molecule has 0 unspecified atom stereocenters. The quantitative estimate of drug-likeness (QED) is 0.754. The van der Waals surface area contributed by atoms with Crippen LogP contribution < -0.4 is 5.32 Å². The van der Waals surface area contributed by atoms with E-state index in [1.54, 1.807) is 12.4 Å². The van der Waals surface area contributed by atoms with E-state index in [9.17, 15) is 4.79 Å². The molecule has 0 atom stereocenters. The Labute approximate surface area is 98.8 Å². The molecular formula is C14H10N2O. The number of pyridine rings is 1. The van der Waals surface area contributed by atoms with Crippen molar-refractivity contribution in [2.24, 2.45) is 0 Å². The number of nitrogens with zero attached hydrogens (tertiary/aromatic N) is 1. The average Bonchev–Trinajstić information content (AvgIpc) is 2.66. The van der Waals surface area contributed by atoms with Gasteiger partial charge in [-0.05, 0) is 23.8 Å². The van der Waals surface area contributed by atoms with Crippen molar-refractivity contribution in [2.45, 2.75) is 0 Å². The summed E-state index contributed by atoms with van der Waals surface area (Å²) in [6.07, 6.45) is 3.54. The topological polar surface area (TPSA) is 42.0 Å². The van der Waals surface area contributed by atoms with E-state index in [0.717, 1.165) is 22.4 Å².